The number of hydrogen-bond acceptors (Lipinski definition) is 3. The van der Waals surface area contributed by atoms with Crippen molar-refractivity contribution in [1.82, 2.24) is 0 Å². The van der Waals surface area contributed by atoms with Crippen LogP contribution in [0.3, 0.4) is 0 Å². The summed E-state index contributed by atoms with van der Waals surface area (Å²) in [6.45, 7) is 0. The number of carbonyl (C=O) groups is 1. The van der Waals surface area contributed by atoms with Gasteiger partial charge in [-0.2, -0.15) is 0 Å². The molecule has 0 saturated heterocycles. The Labute approximate surface area is 131 Å². The summed E-state index contributed by atoms with van der Waals surface area (Å²) in [6, 6.07) is 14.8. The van der Waals surface area contributed by atoms with E-state index in [0.717, 1.165) is 22.6 Å². The van der Waals surface area contributed by atoms with Gasteiger partial charge in [-0.25, -0.2) is 0 Å². The number of amides is 1. The molecule has 112 valence electrons. The van der Waals surface area contributed by atoms with E-state index in [1.165, 1.54) is 5.41 Å². The van der Waals surface area contributed by atoms with Crippen LogP contribution in [-0.2, 0) is 21.3 Å². The molecule has 0 bridgehead atoms. The van der Waals surface area contributed by atoms with Gasteiger partial charge in [0.15, 0.2) is 0 Å². The molecule has 0 saturated carbocycles. The maximum absolute atomic E-state index is 12.3. The second-order valence-electron chi connectivity index (χ2n) is 4.91. The van der Waals surface area contributed by atoms with Crippen LogP contribution in [-0.4, -0.2) is 17.2 Å². The largest absolute Gasteiger partial charge is 0.497 e. The first-order chi connectivity index (χ1) is 10.7. The van der Waals surface area contributed by atoms with Gasteiger partial charge in [0, 0.05) is 16.7 Å². The standard InChI is InChI=1S/C17H15NO3S/c1-21-13-6-4-5-12(9-13)10-22(20)11-15-14-7-2-3-8-16(14)18-17(15)19/h2-9,11H,10H2,1H3,(H,18,19)/b15-11-. The van der Waals surface area contributed by atoms with Crippen molar-refractivity contribution in [2.24, 2.45) is 0 Å². The molecule has 1 aliphatic heterocycles. The van der Waals surface area contributed by atoms with Gasteiger partial charge in [0.25, 0.3) is 5.91 Å². The van der Waals surface area contributed by atoms with E-state index < -0.39 is 10.8 Å². The number of rotatable bonds is 4. The van der Waals surface area contributed by atoms with Gasteiger partial charge >= 0.3 is 0 Å². The Morgan fingerprint density at radius 2 is 2.00 bits per heavy atom. The summed E-state index contributed by atoms with van der Waals surface area (Å²) in [5.74, 6) is 0.863. The van der Waals surface area contributed by atoms with Crippen LogP contribution in [0.4, 0.5) is 5.69 Å². The lowest BCUT2D eigenvalue weighted by Gasteiger charge is -2.03. The highest BCUT2D eigenvalue weighted by Crippen LogP contribution is 2.31. The van der Waals surface area contributed by atoms with E-state index in [1.807, 2.05) is 48.5 Å². The van der Waals surface area contributed by atoms with Gasteiger partial charge in [0.05, 0.1) is 29.2 Å². The zero-order valence-corrected chi connectivity index (χ0v) is 12.9. The first-order valence-corrected chi connectivity index (χ1v) is 8.18. The van der Waals surface area contributed by atoms with Crippen molar-refractivity contribution < 1.29 is 13.7 Å². The molecule has 1 heterocycles. The van der Waals surface area contributed by atoms with Crippen LogP contribution in [0.25, 0.3) is 5.57 Å². The molecular weight excluding hydrogens is 298 g/mol. The first kappa shape index (κ1) is 14.5. The molecule has 5 heteroatoms. The van der Waals surface area contributed by atoms with Crippen molar-refractivity contribution in [1.29, 1.82) is 0 Å². The third kappa shape index (κ3) is 2.94. The molecule has 2 aromatic carbocycles. The fourth-order valence-corrected chi connectivity index (χ4v) is 3.44. The SMILES string of the molecule is COc1cccc(CS(=O)/C=C2\C(=O)Nc3ccccc32)c1. The van der Waals surface area contributed by atoms with Crippen molar-refractivity contribution in [2.75, 3.05) is 12.4 Å². The zero-order valence-electron chi connectivity index (χ0n) is 12.0. The maximum Gasteiger partial charge on any atom is 0.256 e. The van der Waals surface area contributed by atoms with Gasteiger partial charge in [-0.1, -0.05) is 30.3 Å². The Bertz CT molecular complexity index is 783. The first-order valence-electron chi connectivity index (χ1n) is 6.80. The molecule has 0 aromatic heterocycles. The average molecular weight is 313 g/mol. The topological polar surface area (TPSA) is 55.4 Å². The molecule has 1 unspecified atom stereocenters. The number of methoxy groups -OCH3 is 1. The molecule has 1 N–H and O–H groups in total. The number of para-hydroxylation sites is 1. The van der Waals surface area contributed by atoms with Crippen LogP contribution in [0.2, 0.25) is 0 Å². The number of ether oxygens (including phenoxy) is 1. The molecule has 1 atom stereocenters. The summed E-state index contributed by atoms with van der Waals surface area (Å²) in [5, 5.41) is 4.30. The van der Waals surface area contributed by atoms with E-state index in [1.54, 1.807) is 7.11 Å². The molecule has 0 spiro atoms. The Morgan fingerprint density at radius 3 is 2.82 bits per heavy atom. The predicted octanol–water partition coefficient (Wildman–Crippen LogP) is 2.94. The highest BCUT2D eigenvalue weighted by molar-refractivity contribution is 7.87. The molecule has 3 rings (SSSR count). The fourth-order valence-electron chi connectivity index (χ4n) is 2.36. The number of benzene rings is 2. The van der Waals surface area contributed by atoms with Gasteiger partial charge in [0.1, 0.15) is 5.75 Å². The lowest BCUT2D eigenvalue weighted by molar-refractivity contribution is -0.110. The molecule has 0 radical (unpaired) electrons. The maximum atomic E-state index is 12.3. The molecule has 1 aliphatic rings. The van der Waals surface area contributed by atoms with Crippen LogP contribution in [0.1, 0.15) is 11.1 Å². The Hall–Kier alpha value is -2.40. The van der Waals surface area contributed by atoms with E-state index in [2.05, 4.69) is 5.32 Å². The highest BCUT2D eigenvalue weighted by Gasteiger charge is 2.24. The summed E-state index contributed by atoms with van der Waals surface area (Å²) >= 11 is 0. The van der Waals surface area contributed by atoms with Gasteiger partial charge in [-0.3, -0.25) is 9.00 Å². The van der Waals surface area contributed by atoms with Crippen LogP contribution in [0, 0.1) is 0 Å². The van der Waals surface area contributed by atoms with E-state index >= 15 is 0 Å². The Morgan fingerprint density at radius 1 is 1.18 bits per heavy atom. The average Bonchev–Trinajstić information content (AvgIpc) is 2.83. The summed E-state index contributed by atoms with van der Waals surface area (Å²) in [6.07, 6.45) is 0. The lowest BCUT2D eigenvalue weighted by atomic mass is 10.1. The van der Waals surface area contributed by atoms with Crippen molar-refractivity contribution in [3.8, 4) is 5.75 Å². The molecule has 0 fully saturated rings. The number of fused-ring (bicyclic) bond motifs is 1. The Kier molecular flexibility index (Phi) is 4.06. The van der Waals surface area contributed by atoms with E-state index in [4.69, 9.17) is 4.74 Å². The number of carbonyl (C=O) groups excluding carboxylic acids is 1. The van der Waals surface area contributed by atoms with E-state index in [-0.39, 0.29) is 5.91 Å². The minimum atomic E-state index is -1.28. The van der Waals surface area contributed by atoms with Gasteiger partial charge < -0.3 is 10.1 Å². The van der Waals surface area contributed by atoms with Crippen LogP contribution < -0.4 is 10.1 Å². The van der Waals surface area contributed by atoms with Crippen molar-refractivity contribution in [3.05, 3.63) is 65.1 Å². The monoisotopic (exact) mass is 313 g/mol. The molecular formula is C17H15NO3S. The van der Waals surface area contributed by atoms with Gasteiger partial charge in [-0.05, 0) is 23.8 Å². The zero-order chi connectivity index (χ0) is 15.5. The molecule has 4 nitrogen and oxygen atoms in total. The summed E-state index contributed by atoms with van der Waals surface area (Å²) in [7, 11) is 0.318. The van der Waals surface area contributed by atoms with Crippen LogP contribution >= 0.6 is 0 Å². The smallest absolute Gasteiger partial charge is 0.256 e. The van der Waals surface area contributed by atoms with Crippen molar-refractivity contribution in [3.63, 3.8) is 0 Å². The molecule has 0 aliphatic carbocycles. The summed E-state index contributed by atoms with van der Waals surface area (Å²) in [5.41, 5.74) is 2.93. The quantitative estimate of drug-likeness (QED) is 0.883. The lowest BCUT2D eigenvalue weighted by Crippen LogP contribution is -2.05. The van der Waals surface area contributed by atoms with Crippen molar-refractivity contribution >= 4 is 28.0 Å². The molecule has 1 amide bonds. The minimum absolute atomic E-state index is 0.208. The molecule has 2 aromatic rings. The highest BCUT2D eigenvalue weighted by atomic mass is 32.2. The number of anilines is 1. The molecule has 22 heavy (non-hydrogen) atoms. The normalized spacial score (nSPS) is 16.2. The van der Waals surface area contributed by atoms with Crippen LogP contribution in [0.5, 0.6) is 5.75 Å². The second-order valence-corrected chi connectivity index (χ2v) is 6.19. The van der Waals surface area contributed by atoms with Crippen LogP contribution in [0.15, 0.2) is 53.9 Å². The van der Waals surface area contributed by atoms with E-state index in [9.17, 15) is 9.00 Å². The number of hydrogen-bond donors (Lipinski definition) is 1. The third-order valence-electron chi connectivity index (χ3n) is 3.40. The minimum Gasteiger partial charge on any atom is -0.497 e. The fraction of sp³-hybridized carbons (Fsp3) is 0.118. The van der Waals surface area contributed by atoms with Crippen molar-refractivity contribution in [2.45, 2.75) is 5.75 Å². The van der Waals surface area contributed by atoms with Gasteiger partial charge in [-0.15, -0.1) is 0 Å². The Balaban J connectivity index is 1.83. The third-order valence-corrected chi connectivity index (χ3v) is 4.52. The second kappa shape index (κ2) is 6.15. The summed E-state index contributed by atoms with van der Waals surface area (Å²) in [4.78, 5) is 12.0. The number of nitrogens with one attached hydrogen (secondary N) is 1. The van der Waals surface area contributed by atoms with Gasteiger partial charge in [0.2, 0.25) is 0 Å². The summed E-state index contributed by atoms with van der Waals surface area (Å²) < 4.78 is 17.5. The predicted molar refractivity (Wildman–Crippen MR) is 87.9 cm³/mol. The van der Waals surface area contributed by atoms with E-state index in [0.29, 0.717) is 11.3 Å².